The van der Waals surface area contributed by atoms with Crippen molar-refractivity contribution in [3.63, 3.8) is 0 Å². The van der Waals surface area contributed by atoms with Crippen molar-refractivity contribution >= 4 is 27.3 Å². The summed E-state index contributed by atoms with van der Waals surface area (Å²) in [5, 5.41) is 8.32. The highest BCUT2D eigenvalue weighted by atomic mass is 32.1. The van der Waals surface area contributed by atoms with Crippen LogP contribution in [-0.2, 0) is 17.9 Å². The Morgan fingerprint density at radius 2 is 2.03 bits per heavy atom. The minimum Gasteiger partial charge on any atom is -0.329 e. The van der Waals surface area contributed by atoms with E-state index in [1.165, 1.54) is 16.2 Å². The first-order valence-corrected chi connectivity index (χ1v) is 10.4. The molecule has 0 unspecified atom stereocenters. The van der Waals surface area contributed by atoms with Crippen molar-refractivity contribution in [3.05, 3.63) is 72.5 Å². The van der Waals surface area contributed by atoms with Gasteiger partial charge in [-0.15, -0.1) is 11.3 Å². The van der Waals surface area contributed by atoms with Crippen LogP contribution in [0.25, 0.3) is 32.5 Å². The van der Waals surface area contributed by atoms with E-state index in [1.807, 2.05) is 17.0 Å². The van der Waals surface area contributed by atoms with E-state index in [0.29, 0.717) is 13.1 Å². The Balaban J connectivity index is 1.72. The number of hydrogen-bond acceptors (Lipinski definition) is 4. The van der Waals surface area contributed by atoms with Crippen LogP contribution in [0.15, 0.2) is 66.8 Å². The van der Waals surface area contributed by atoms with Crippen molar-refractivity contribution in [2.45, 2.75) is 26.1 Å². The van der Waals surface area contributed by atoms with E-state index in [2.05, 4.69) is 52.8 Å². The maximum Gasteiger partial charge on any atom is 0.246 e. The van der Waals surface area contributed by atoms with Gasteiger partial charge in [0.15, 0.2) is 0 Å². The van der Waals surface area contributed by atoms with Crippen molar-refractivity contribution in [2.75, 3.05) is 0 Å². The molecule has 3 aromatic heterocycles. The molecule has 0 bridgehead atoms. The molecule has 1 aliphatic rings. The molecule has 4 heterocycles. The summed E-state index contributed by atoms with van der Waals surface area (Å²) in [7, 11) is 0. The lowest BCUT2D eigenvalue weighted by molar-refractivity contribution is -0.129. The predicted molar refractivity (Wildman–Crippen MR) is 116 cm³/mol. The van der Waals surface area contributed by atoms with Crippen molar-refractivity contribution in [3.8, 4) is 22.4 Å². The van der Waals surface area contributed by atoms with E-state index in [1.54, 1.807) is 23.7 Å². The highest BCUT2D eigenvalue weighted by Gasteiger charge is 2.31. The zero-order valence-corrected chi connectivity index (χ0v) is 16.9. The summed E-state index contributed by atoms with van der Waals surface area (Å²) in [6.07, 6.45) is 4.98. The fourth-order valence-corrected chi connectivity index (χ4v) is 4.80. The lowest BCUT2D eigenvalue weighted by Gasteiger charge is -2.33. The number of hydrogen-bond donors (Lipinski definition) is 0. The van der Waals surface area contributed by atoms with Crippen LogP contribution in [-0.4, -0.2) is 31.6 Å². The van der Waals surface area contributed by atoms with Crippen LogP contribution in [0.4, 0.5) is 0 Å². The first-order chi connectivity index (χ1) is 14.2. The summed E-state index contributed by atoms with van der Waals surface area (Å²) < 4.78 is 3.32. The van der Waals surface area contributed by atoms with Crippen LogP contribution in [0.5, 0.6) is 0 Å². The molecule has 1 aliphatic heterocycles. The topological polar surface area (TPSA) is 51.0 Å². The molecule has 0 radical (unpaired) electrons. The number of benzene rings is 1. The van der Waals surface area contributed by atoms with Crippen molar-refractivity contribution in [2.24, 2.45) is 0 Å². The van der Waals surface area contributed by atoms with E-state index < -0.39 is 0 Å². The molecule has 5 nitrogen and oxygen atoms in total. The monoisotopic (exact) mass is 400 g/mol. The maximum absolute atomic E-state index is 12.4. The van der Waals surface area contributed by atoms with Crippen LogP contribution < -0.4 is 0 Å². The molecule has 0 aliphatic carbocycles. The van der Waals surface area contributed by atoms with Crippen molar-refractivity contribution in [1.82, 2.24) is 19.7 Å². The van der Waals surface area contributed by atoms with E-state index in [0.717, 1.165) is 28.1 Å². The Morgan fingerprint density at radius 1 is 1.21 bits per heavy atom. The van der Waals surface area contributed by atoms with Gasteiger partial charge >= 0.3 is 0 Å². The number of pyridine rings is 1. The molecule has 5 rings (SSSR count). The SMILES string of the molecule is C=CC(=O)N1Cc2c(-c3ccncc3)c(-c3ccc4sccc4c3)nn2C[C@H]1C. The van der Waals surface area contributed by atoms with Crippen molar-refractivity contribution < 1.29 is 4.79 Å². The lowest BCUT2D eigenvalue weighted by Crippen LogP contribution is -2.44. The molecule has 144 valence electrons. The van der Waals surface area contributed by atoms with Gasteiger partial charge in [0.25, 0.3) is 0 Å². The molecular formula is C23H20N4OS. The van der Waals surface area contributed by atoms with Gasteiger partial charge in [0.1, 0.15) is 5.69 Å². The number of amides is 1. The summed E-state index contributed by atoms with van der Waals surface area (Å²) in [6, 6.07) is 12.7. The fourth-order valence-electron chi connectivity index (χ4n) is 4.02. The average molecular weight is 401 g/mol. The largest absolute Gasteiger partial charge is 0.329 e. The van der Waals surface area contributed by atoms with Gasteiger partial charge in [0, 0.05) is 34.3 Å². The molecule has 1 atom stereocenters. The fraction of sp³-hybridized carbons (Fsp3) is 0.174. The smallest absolute Gasteiger partial charge is 0.246 e. The summed E-state index contributed by atoms with van der Waals surface area (Å²) in [4.78, 5) is 18.4. The van der Waals surface area contributed by atoms with Gasteiger partial charge in [0.05, 0.1) is 18.8 Å². The van der Waals surface area contributed by atoms with E-state index in [-0.39, 0.29) is 11.9 Å². The third-order valence-corrected chi connectivity index (χ3v) is 6.40. The van der Waals surface area contributed by atoms with Gasteiger partial charge in [-0.2, -0.15) is 5.10 Å². The Labute approximate surface area is 172 Å². The molecule has 1 aromatic carbocycles. The van der Waals surface area contributed by atoms with Crippen LogP contribution in [0, 0.1) is 0 Å². The molecule has 6 heteroatoms. The molecule has 0 N–H and O–H groups in total. The Kier molecular flexibility index (Phi) is 4.28. The standard InChI is InChI=1S/C23H20N4OS/c1-3-21(28)26-14-19-22(16-6-9-24-10-7-16)23(25-27(19)13-15(26)2)18-4-5-20-17(12-18)8-11-29-20/h3-12,15H,1,13-14H2,2H3/t15-/m1/s1. The van der Waals surface area contributed by atoms with Crippen LogP contribution in [0.2, 0.25) is 0 Å². The second kappa shape index (κ2) is 6.97. The Morgan fingerprint density at radius 3 is 2.83 bits per heavy atom. The molecule has 4 aromatic rings. The Bertz CT molecular complexity index is 1220. The minimum absolute atomic E-state index is 0.0492. The second-order valence-electron chi connectivity index (χ2n) is 7.28. The van der Waals surface area contributed by atoms with E-state index >= 15 is 0 Å². The Hall–Kier alpha value is -3.25. The number of carbonyl (C=O) groups is 1. The summed E-state index contributed by atoms with van der Waals surface area (Å²) >= 11 is 1.74. The van der Waals surface area contributed by atoms with E-state index in [4.69, 9.17) is 5.10 Å². The van der Waals surface area contributed by atoms with Crippen LogP contribution in [0.3, 0.4) is 0 Å². The molecule has 29 heavy (non-hydrogen) atoms. The van der Waals surface area contributed by atoms with Crippen LogP contribution in [0.1, 0.15) is 12.6 Å². The highest BCUT2D eigenvalue weighted by molar-refractivity contribution is 7.17. The zero-order valence-electron chi connectivity index (χ0n) is 16.1. The first-order valence-electron chi connectivity index (χ1n) is 9.56. The van der Waals surface area contributed by atoms with Gasteiger partial charge in [-0.05, 0) is 59.7 Å². The number of thiophene rings is 1. The van der Waals surface area contributed by atoms with Gasteiger partial charge in [0.2, 0.25) is 5.91 Å². The van der Waals surface area contributed by atoms with E-state index in [9.17, 15) is 4.79 Å². The molecule has 1 amide bonds. The maximum atomic E-state index is 12.4. The number of carbonyl (C=O) groups excluding carboxylic acids is 1. The third kappa shape index (κ3) is 2.96. The normalized spacial score (nSPS) is 16.0. The highest BCUT2D eigenvalue weighted by Crippen LogP contribution is 2.38. The number of fused-ring (bicyclic) bond motifs is 2. The van der Waals surface area contributed by atoms with Gasteiger partial charge in [-0.25, -0.2) is 0 Å². The van der Waals surface area contributed by atoms with Crippen molar-refractivity contribution in [1.29, 1.82) is 0 Å². The zero-order chi connectivity index (χ0) is 20.0. The van der Waals surface area contributed by atoms with Crippen LogP contribution >= 0.6 is 11.3 Å². The number of aromatic nitrogens is 3. The second-order valence-corrected chi connectivity index (χ2v) is 8.23. The minimum atomic E-state index is -0.0492. The quantitative estimate of drug-likeness (QED) is 0.467. The average Bonchev–Trinajstić information content (AvgIpc) is 3.36. The predicted octanol–water partition coefficient (Wildman–Crippen LogP) is 4.74. The third-order valence-electron chi connectivity index (χ3n) is 5.50. The summed E-state index contributed by atoms with van der Waals surface area (Å²) in [5.41, 5.74) is 5.20. The molecule has 0 spiro atoms. The molecular weight excluding hydrogens is 380 g/mol. The van der Waals surface area contributed by atoms with Gasteiger partial charge in [-0.3, -0.25) is 14.5 Å². The lowest BCUT2D eigenvalue weighted by atomic mass is 9.98. The molecule has 0 fully saturated rings. The van der Waals surface area contributed by atoms with Gasteiger partial charge < -0.3 is 4.90 Å². The summed E-state index contributed by atoms with van der Waals surface area (Å²) in [6.45, 7) is 6.89. The van der Waals surface area contributed by atoms with Gasteiger partial charge in [-0.1, -0.05) is 12.6 Å². The molecule has 0 saturated carbocycles. The number of nitrogens with zero attached hydrogens (tertiary/aromatic N) is 4. The molecule has 0 saturated heterocycles. The first kappa shape index (κ1) is 17.8. The number of rotatable bonds is 3. The summed E-state index contributed by atoms with van der Waals surface area (Å²) in [5.74, 6) is -0.0492.